The predicted molar refractivity (Wildman–Crippen MR) is 109 cm³/mol. The van der Waals surface area contributed by atoms with Crippen LogP contribution in [-0.2, 0) is 19.6 Å². The Bertz CT molecular complexity index is 775. The van der Waals surface area contributed by atoms with Gasteiger partial charge in [-0.15, -0.1) is 0 Å². The average Bonchev–Trinajstić information content (AvgIpc) is 3.02. The minimum absolute atomic E-state index is 0.00286. The maximum Gasteiger partial charge on any atom is 0.246 e. The summed E-state index contributed by atoms with van der Waals surface area (Å²) in [4.78, 5) is 14.6. The number of morpholine rings is 1. The molecule has 1 aromatic carbocycles. The summed E-state index contributed by atoms with van der Waals surface area (Å²) in [6.07, 6.45) is 10.4. The van der Waals surface area contributed by atoms with Crippen molar-refractivity contribution in [1.82, 2.24) is 9.21 Å². The largest absolute Gasteiger partial charge is 0.379 e. The Morgan fingerprint density at radius 1 is 1.07 bits per heavy atom. The minimum Gasteiger partial charge on any atom is -0.379 e. The van der Waals surface area contributed by atoms with Crippen LogP contribution < -0.4 is 0 Å². The van der Waals surface area contributed by atoms with Crippen molar-refractivity contribution in [2.24, 2.45) is 0 Å². The number of hydrogen-bond acceptors (Lipinski definition) is 4. The molecule has 1 aliphatic carbocycles. The van der Waals surface area contributed by atoms with Crippen molar-refractivity contribution in [3.05, 3.63) is 35.9 Å². The summed E-state index contributed by atoms with van der Waals surface area (Å²) >= 11 is 0. The predicted octanol–water partition coefficient (Wildman–Crippen LogP) is 2.90. The SMILES string of the molecule is CN(C(=O)/C=C/c1ccc(S(=O)(=O)N2CCOCC2)cc1)C1CCCCCC1. The first kappa shape index (κ1) is 21.0. The van der Waals surface area contributed by atoms with Gasteiger partial charge in [0.05, 0.1) is 18.1 Å². The van der Waals surface area contributed by atoms with Crippen LogP contribution in [0.4, 0.5) is 0 Å². The summed E-state index contributed by atoms with van der Waals surface area (Å²) in [5.74, 6) is -0.00286. The molecule has 0 spiro atoms. The Morgan fingerprint density at radius 3 is 2.29 bits per heavy atom. The van der Waals surface area contributed by atoms with Gasteiger partial charge in [-0.3, -0.25) is 4.79 Å². The van der Waals surface area contributed by atoms with Gasteiger partial charge in [0.2, 0.25) is 15.9 Å². The highest BCUT2D eigenvalue weighted by molar-refractivity contribution is 7.89. The zero-order valence-electron chi connectivity index (χ0n) is 16.5. The van der Waals surface area contributed by atoms with Crippen LogP contribution in [0.15, 0.2) is 35.2 Å². The van der Waals surface area contributed by atoms with Gasteiger partial charge >= 0.3 is 0 Å². The molecule has 28 heavy (non-hydrogen) atoms. The van der Waals surface area contributed by atoms with Gasteiger partial charge in [0.25, 0.3) is 0 Å². The fraction of sp³-hybridized carbons (Fsp3) is 0.571. The van der Waals surface area contributed by atoms with Crippen molar-refractivity contribution >= 4 is 22.0 Å². The van der Waals surface area contributed by atoms with E-state index in [1.807, 2.05) is 11.9 Å². The maximum absolute atomic E-state index is 12.6. The Hall–Kier alpha value is -1.70. The molecule has 0 radical (unpaired) electrons. The lowest BCUT2D eigenvalue weighted by atomic mass is 10.1. The second kappa shape index (κ2) is 9.67. The molecule has 0 aromatic heterocycles. The lowest BCUT2D eigenvalue weighted by Gasteiger charge is -2.26. The van der Waals surface area contributed by atoms with Gasteiger partial charge in [-0.2, -0.15) is 4.31 Å². The number of amides is 1. The smallest absolute Gasteiger partial charge is 0.246 e. The second-order valence-corrected chi connectivity index (χ2v) is 9.45. The van der Waals surface area contributed by atoms with Gasteiger partial charge in [-0.05, 0) is 36.6 Å². The number of rotatable bonds is 5. The van der Waals surface area contributed by atoms with E-state index in [1.165, 1.54) is 30.0 Å². The highest BCUT2D eigenvalue weighted by Crippen LogP contribution is 2.22. The van der Waals surface area contributed by atoms with Crippen LogP contribution in [0.5, 0.6) is 0 Å². The van der Waals surface area contributed by atoms with E-state index in [0.717, 1.165) is 18.4 Å². The summed E-state index contributed by atoms with van der Waals surface area (Å²) in [6.45, 7) is 1.62. The number of sulfonamides is 1. The molecule has 0 atom stereocenters. The topological polar surface area (TPSA) is 66.9 Å². The first-order chi connectivity index (χ1) is 13.5. The lowest BCUT2D eigenvalue weighted by Crippen LogP contribution is -2.40. The number of ether oxygens (including phenoxy) is 1. The molecule has 6 nitrogen and oxygen atoms in total. The van der Waals surface area contributed by atoms with E-state index in [-0.39, 0.29) is 10.8 Å². The highest BCUT2D eigenvalue weighted by atomic mass is 32.2. The van der Waals surface area contributed by atoms with Gasteiger partial charge < -0.3 is 9.64 Å². The molecule has 1 aliphatic heterocycles. The fourth-order valence-electron chi connectivity index (χ4n) is 3.80. The van der Waals surface area contributed by atoms with Crippen LogP contribution in [-0.4, -0.2) is 62.9 Å². The molecule has 1 aromatic rings. The molecule has 154 valence electrons. The van der Waals surface area contributed by atoms with E-state index in [9.17, 15) is 13.2 Å². The highest BCUT2D eigenvalue weighted by Gasteiger charge is 2.26. The number of benzene rings is 1. The van der Waals surface area contributed by atoms with Crippen molar-refractivity contribution < 1.29 is 17.9 Å². The fourth-order valence-corrected chi connectivity index (χ4v) is 5.21. The molecule has 1 amide bonds. The Balaban J connectivity index is 1.62. The second-order valence-electron chi connectivity index (χ2n) is 7.51. The van der Waals surface area contributed by atoms with E-state index < -0.39 is 10.0 Å². The number of carbonyl (C=O) groups is 1. The molecule has 1 heterocycles. The molecular formula is C21H30N2O4S. The van der Waals surface area contributed by atoms with Gasteiger partial charge in [-0.25, -0.2) is 8.42 Å². The molecular weight excluding hydrogens is 376 g/mol. The Labute approximate surface area is 168 Å². The Kier molecular flexibility index (Phi) is 7.26. The van der Waals surface area contributed by atoms with Gasteiger partial charge in [0.15, 0.2) is 0 Å². The van der Waals surface area contributed by atoms with Gasteiger partial charge in [-0.1, -0.05) is 37.8 Å². The van der Waals surface area contributed by atoms with Crippen LogP contribution in [0.1, 0.15) is 44.1 Å². The van der Waals surface area contributed by atoms with Crippen molar-refractivity contribution in [2.75, 3.05) is 33.4 Å². The Morgan fingerprint density at radius 2 is 1.68 bits per heavy atom. The van der Waals surface area contributed by atoms with E-state index in [2.05, 4.69) is 0 Å². The standard InChI is InChI=1S/C21H30N2O4S/c1-22(19-6-4-2-3-5-7-19)21(24)13-10-18-8-11-20(12-9-18)28(25,26)23-14-16-27-17-15-23/h8-13,19H,2-7,14-17H2,1H3/b13-10+. The summed E-state index contributed by atoms with van der Waals surface area (Å²) in [7, 11) is -1.61. The maximum atomic E-state index is 12.6. The van der Waals surface area contributed by atoms with E-state index in [1.54, 1.807) is 36.4 Å². The molecule has 2 fully saturated rings. The molecule has 1 saturated heterocycles. The summed E-state index contributed by atoms with van der Waals surface area (Å²) in [5, 5.41) is 0. The molecule has 0 N–H and O–H groups in total. The van der Waals surface area contributed by atoms with E-state index in [4.69, 9.17) is 4.74 Å². The third-order valence-corrected chi connectivity index (χ3v) is 7.54. The van der Waals surface area contributed by atoms with Crippen molar-refractivity contribution in [3.63, 3.8) is 0 Å². The zero-order chi connectivity index (χ0) is 20.0. The molecule has 3 rings (SSSR count). The van der Waals surface area contributed by atoms with Crippen LogP contribution >= 0.6 is 0 Å². The molecule has 2 aliphatic rings. The van der Waals surface area contributed by atoms with Crippen molar-refractivity contribution in [1.29, 1.82) is 0 Å². The van der Waals surface area contributed by atoms with Crippen LogP contribution in [0.2, 0.25) is 0 Å². The summed E-state index contributed by atoms with van der Waals surface area (Å²) < 4.78 is 32.0. The third-order valence-electron chi connectivity index (χ3n) is 5.63. The van der Waals surface area contributed by atoms with Crippen LogP contribution in [0.3, 0.4) is 0 Å². The third kappa shape index (κ3) is 5.21. The van der Waals surface area contributed by atoms with Crippen LogP contribution in [0, 0.1) is 0 Å². The normalized spacial score (nSPS) is 20.2. The lowest BCUT2D eigenvalue weighted by molar-refractivity contribution is -0.126. The van der Waals surface area contributed by atoms with Gasteiger partial charge in [0, 0.05) is 32.3 Å². The molecule has 0 unspecified atom stereocenters. The monoisotopic (exact) mass is 406 g/mol. The molecule has 1 saturated carbocycles. The first-order valence-electron chi connectivity index (χ1n) is 10.1. The van der Waals surface area contributed by atoms with Crippen molar-refractivity contribution in [2.45, 2.75) is 49.5 Å². The average molecular weight is 407 g/mol. The quantitative estimate of drug-likeness (QED) is 0.557. The first-order valence-corrected chi connectivity index (χ1v) is 11.6. The van der Waals surface area contributed by atoms with Gasteiger partial charge in [0.1, 0.15) is 0 Å². The van der Waals surface area contributed by atoms with Crippen LogP contribution in [0.25, 0.3) is 6.08 Å². The van der Waals surface area contributed by atoms with E-state index in [0.29, 0.717) is 32.3 Å². The zero-order valence-corrected chi connectivity index (χ0v) is 17.4. The van der Waals surface area contributed by atoms with E-state index >= 15 is 0 Å². The van der Waals surface area contributed by atoms with Crippen molar-refractivity contribution in [3.8, 4) is 0 Å². The summed E-state index contributed by atoms with van der Waals surface area (Å²) in [6, 6.07) is 7.00. The molecule has 7 heteroatoms. The minimum atomic E-state index is -3.49. The number of nitrogens with zero attached hydrogens (tertiary/aromatic N) is 2. The number of carbonyl (C=O) groups excluding carboxylic acids is 1. The summed E-state index contributed by atoms with van der Waals surface area (Å²) in [5.41, 5.74) is 0.809. The molecule has 0 bridgehead atoms. The number of hydrogen-bond donors (Lipinski definition) is 0. The number of likely N-dealkylation sites (N-methyl/N-ethyl adjacent to an activating group) is 1.